The monoisotopic (exact) mass is 276 g/mol. The lowest BCUT2D eigenvalue weighted by atomic mass is 10.2. The van der Waals surface area contributed by atoms with Gasteiger partial charge in [0.15, 0.2) is 0 Å². The molecule has 4 heteroatoms. The average Bonchev–Trinajstić information content (AvgIpc) is 2.08. The summed E-state index contributed by atoms with van der Waals surface area (Å²) >= 11 is 2.09. The first-order chi connectivity index (χ1) is 5.65. The average molecular weight is 276 g/mol. The maximum Gasteiger partial charge on any atom is 0.252 e. The maximum absolute atomic E-state index is 11.2. The molecule has 1 aromatic heterocycles. The van der Waals surface area contributed by atoms with Gasteiger partial charge in [0.25, 0.3) is 5.91 Å². The first-order valence-electron chi connectivity index (χ1n) is 3.49. The summed E-state index contributed by atoms with van der Waals surface area (Å²) in [4.78, 5) is 15.3. The van der Waals surface area contributed by atoms with Gasteiger partial charge >= 0.3 is 0 Å². The fourth-order valence-electron chi connectivity index (χ4n) is 0.852. The van der Waals surface area contributed by atoms with E-state index in [0.29, 0.717) is 5.56 Å². The van der Waals surface area contributed by atoms with Crippen LogP contribution in [-0.2, 0) is 0 Å². The number of rotatable bonds is 1. The van der Waals surface area contributed by atoms with E-state index in [4.69, 9.17) is 0 Å². The number of aromatic nitrogens is 1. The van der Waals surface area contributed by atoms with Crippen LogP contribution in [0.2, 0.25) is 0 Å². The molecule has 0 aliphatic carbocycles. The molecule has 1 rings (SSSR count). The molecule has 0 aliphatic heterocycles. The zero-order valence-corrected chi connectivity index (χ0v) is 9.05. The van der Waals surface area contributed by atoms with Gasteiger partial charge in [-0.05, 0) is 35.6 Å². The molecule has 64 valence electrons. The van der Waals surface area contributed by atoms with Gasteiger partial charge in [-0.3, -0.25) is 9.78 Å². The highest BCUT2D eigenvalue weighted by Gasteiger charge is 2.07. The molecule has 0 saturated heterocycles. The van der Waals surface area contributed by atoms with Crippen molar-refractivity contribution in [1.29, 1.82) is 0 Å². The number of carbonyl (C=O) groups excluding carboxylic acids is 1. The summed E-state index contributed by atoms with van der Waals surface area (Å²) in [5.41, 5.74) is 1.54. The Hall–Kier alpha value is -0.650. The van der Waals surface area contributed by atoms with Crippen LogP contribution in [0.5, 0.6) is 0 Å². The second-order valence-electron chi connectivity index (χ2n) is 2.38. The Morgan fingerprint density at radius 2 is 2.33 bits per heavy atom. The van der Waals surface area contributed by atoms with Gasteiger partial charge < -0.3 is 5.32 Å². The summed E-state index contributed by atoms with van der Waals surface area (Å²) < 4.78 is 0.873. The Morgan fingerprint density at radius 1 is 1.67 bits per heavy atom. The maximum atomic E-state index is 11.2. The Balaban J connectivity index is 3.13. The van der Waals surface area contributed by atoms with Crippen LogP contribution < -0.4 is 5.32 Å². The third-order valence-corrected chi connectivity index (χ3v) is 2.32. The molecule has 0 unspecified atom stereocenters. The van der Waals surface area contributed by atoms with Crippen molar-refractivity contribution in [1.82, 2.24) is 10.3 Å². The third kappa shape index (κ3) is 1.94. The highest BCUT2D eigenvalue weighted by molar-refractivity contribution is 14.1. The predicted molar refractivity (Wildman–Crippen MR) is 55.1 cm³/mol. The van der Waals surface area contributed by atoms with Crippen molar-refractivity contribution >= 4 is 28.5 Å². The van der Waals surface area contributed by atoms with E-state index < -0.39 is 0 Å². The number of hydrogen-bond donors (Lipinski definition) is 1. The Kier molecular flexibility index (Phi) is 3.02. The van der Waals surface area contributed by atoms with Gasteiger partial charge in [0.05, 0.1) is 5.56 Å². The first kappa shape index (κ1) is 9.44. The number of halogens is 1. The van der Waals surface area contributed by atoms with Crippen molar-refractivity contribution in [2.75, 3.05) is 7.05 Å². The molecular formula is C8H9IN2O. The van der Waals surface area contributed by atoms with E-state index in [-0.39, 0.29) is 5.91 Å². The molecular weight excluding hydrogens is 267 g/mol. The number of amides is 1. The van der Waals surface area contributed by atoms with E-state index in [9.17, 15) is 4.79 Å². The second kappa shape index (κ2) is 3.84. The molecule has 0 spiro atoms. The van der Waals surface area contributed by atoms with Gasteiger partial charge in [0.1, 0.15) is 0 Å². The normalized spacial score (nSPS) is 9.58. The van der Waals surface area contributed by atoms with E-state index >= 15 is 0 Å². The van der Waals surface area contributed by atoms with Crippen molar-refractivity contribution in [3.63, 3.8) is 0 Å². The molecule has 1 heterocycles. The van der Waals surface area contributed by atoms with E-state index in [1.807, 2.05) is 6.92 Å². The molecule has 1 N–H and O–H groups in total. The summed E-state index contributed by atoms with van der Waals surface area (Å²) in [5.74, 6) is -0.0649. The van der Waals surface area contributed by atoms with Crippen molar-refractivity contribution in [2.45, 2.75) is 6.92 Å². The second-order valence-corrected chi connectivity index (χ2v) is 3.55. The van der Waals surface area contributed by atoms with Crippen LogP contribution in [0.25, 0.3) is 0 Å². The summed E-state index contributed by atoms with van der Waals surface area (Å²) in [6.07, 6.45) is 1.69. The van der Waals surface area contributed by atoms with E-state index in [0.717, 1.165) is 9.26 Å². The molecule has 1 amide bonds. The molecule has 0 aromatic carbocycles. The minimum atomic E-state index is -0.0649. The van der Waals surface area contributed by atoms with E-state index in [2.05, 4.69) is 32.9 Å². The molecule has 3 nitrogen and oxygen atoms in total. The quantitative estimate of drug-likeness (QED) is 0.787. The fourth-order valence-corrected chi connectivity index (χ4v) is 1.39. The SMILES string of the molecule is CNC(=O)c1cc(C)ncc1I. The lowest BCUT2D eigenvalue weighted by Crippen LogP contribution is -2.19. The fraction of sp³-hybridized carbons (Fsp3) is 0.250. The van der Waals surface area contributed by atoms with Gasteiger partial charge in [-0.1, -0.05) is 0 Å². The molecule has 12 heavy (non-hydrogen) atoms. The van der Waals surface area contributed by atoms with Gasteiger partial charge in [0, 0.05) is 22.5 Å². The van der Waals surface area contributed by atoms with Crippen LogP contribution in [0.15, 0.2) is 12.3 Å². The molecule has 0 saturated carbocycles. The van der Waals surface area contributed by atoms with Crippen molar-refractivity contribution in [3.8, 4) is 0 Å². The predicted octanol–water partition coefficient (Wildman–Crippen LogP) is 1.35. The van der Waals surface area contributed by atoms with Crippen LogP contribution in [-0.4, -0.2) is 17.9 Å². The number of carbonyl (C=O) groups is 1. The zero-order chi connectivity index (χ0) is 9.14. The summed E-state index contributed by atoms with van der Waals surface area (Å²) in [6.45, 7) is 1.86. The Bertz CT molecular complexity index is 312. The van der Waals surface area contributed by atoms with Crippen molar-refractivity contribution in [3.05, 3.63) is 27.1 Å². The van der Waals surface area contributed by atoms with Crippen LogP contribution in [0.1, 0.15) is 16.1 Å². The Morgan fingerprint density at radius 3 is 2.92 bits per heavy atom. The van der Waals surface area contributed by atoms with E-state index in [1.54, 1.807) is 19.3 Å². The molecule has 0 bridgehead atoms. The van der Waals surface area contributed by atoms with Crippen LogP contribution in [0.3, 0.4) is 0 Å². The van der Waals surface area contributed by atoms with Crippen molar-refractivity contribution in [2.24, 2.45) is 0 Å². The molecule has 0 radical (unpaired) electrons. The lowest BCUT2D eigenvalue weighted by molar-refractivity contribution is 0.0962. The van der Waals surface area contributed by atoms with E-state index in [1.165, 1.54) is 0 Å². The molecule has 0 fully saturated rings. The van der Waals surface area contributed by atoms with Crippen LogP contribution in [0, 0.1) is 10.5 Å². The summed E-state index contributed by atoms with van der Waals surface area (Å²) in [6, 6.07) is 1.78. The number of nitrogens with zero attached hydrogens (tertiary/aromatic N) is 1. The Labute approximate surface area is 84.7 Å². The number of hydrogen-bond acceptors (Lipinski definition) is 2. The van der Waals surface area contributed by atoms with Crippen LogP contribution >= 0.6 is 22.6 Å². The van der Waals surface area contributed by atoms with Crippen LogP contribution in [0.4, 0.5) is 0 Å². The van der Waals surface area contributed by atoms with Gasteiger partial charge in [0.2, 0.25) is 0 Å². The number of pyridine rings is 1. The summed E-state index contributed by atoms with van der Waals surface area (Å²) in [5, 5.41) is 2.58. The third-order valence-electron chi connectivity index (χ3n) is 1.46. The molecule has 0 atom stereocenters. The zero-order valence-electron chi connectivity index (χ0n) is 6.89. The number of aryl methyl sites for hydroxylation is 1. The highest BCUT2D eigenvalue weighted by atomic mass is 127. The topological polar surface area (TPSA) is 42.0 Å². The lowest BCUT2D eigenvalue weighted by Gasteiger charge is -2.02. The standard InChI is InChI=1S/C8H9IN2O/c1-5-3-6(8(12)10-2)7(9)4-11-5/h3-4H,1-2H3,(H,10,12). The summed E-state index contributed by atoms with van der Waals surface area (Å²) in [7, 11) is 1.62. The number of nitrogens with one attached hydrogen (secondary N) is 1. The molecule has 0 aliphatic rings. The first-order valence-corrected chi connectivity index (χ1v) is 4.57. The minimum Gasteiger partial charge on any atom is -0.355 e. The molecule has 1 aromatic rings. The minimum absolute atomic E-state index is 0.0649. The smallest absolute Gasteiger partial charge is 0.252 e. The van der Waals surface area contributed by atoms with Gasteiger partial charge in [-0.15, -0.1) is 0 Å². The largest absolute Gasteiger partial charge is 0.355 e. The van der Waals surface area contributed by atoms with Gasteiger partial charge in [-0.25, -0.2) is 0 Å². The highest BCUT2D eigenvalue weighted by Crippen LogP contribution is 2.11. The van der Waals surface area contributed by atoms with Gasteiger partial charge in [-0.2, -0.15) is 0 Å². The van der Waals surface area contributed by atoms with Crippen molar-refractivity contribution < 1.29 is 4.79 Å².